The summed E-state index contributed by atoms with van der Waals surface area (Å²) in [6.45, 7) is 2.17. The summed E-state index contributed by atoms with van der Waals surface area (Å²) in [6.07, 6.45) is 7.11. The predicted molar refractivity (Wildman–Crippen MR) is 59.7 cm³/mol. The van der Waals surface area contributed by atoms with Crippen molar-refractivity contribution in [2.75, 3.05) is 0 Å². The van der Waals surface area contributed by atoms with Crippen LogP contribution in [0, 0.1) is 11.3 Å². The maximum atomic E-state index is 8.50. The van der Waals surface area contributed by atoms with Crippen LogP contribution in [0.4, 0.5) is 0 Å². The summed E-state index contributed by atoms with van der Waals surface area (Å²) in [4.78, 5) is 0. The SMILES string of the molecule is CCC/C=C/c1ccc(CC#N)cc1. The highest BCUT2D eigenvalue weighted by Crippen LogP contribution is 2.07. The van der Waals surface area contributed by atoms with E-state index in [-0.39, 0.29) is 0 Å². The second-order valence-corrected chi connectivity index (χ2v) is 3.27. The molecule has 0 N–H and O–H groups in total. The molecule has 1 heteroatoms. The predicted octanol–water partition coefficient (Wildman–Crippen LogP) is 3.57. The Morgan fingerprint density at radius 1 is 1.29 bits per heavy atom. The molecule has 0 atom stereocenters. The van der Waals surface area contributed by atoms with Crippen LogP contribution in [0.3, 0.4) is 0 Å². The number of nitriles is 1. The van der Waals surface area contributed by atoms with E-state index in [0.717, 1.165) is 12.0 Å². The van der Waals surface area contributed by atoms with E-state index >= 15 is 0 Å². The van der Waals surface area contributed by atoms with Gasteiger partial charge in [0.15, 0.2) is 0 Å². The molecular weight excluding hydrogens is 170 g/mol. The van der Waals surface area contributed by atoms with Crippen molar-refractivity contribution in [1.29, 1.82) is 5.26 Å². The van der Waals surface area contributed by atoms with Gasteiger partial charge in [-0.15, -0.1) is 0 Å². The highest BCUT2D eigenvalue weighted by atomic mass is 14.2. The number of allylic oxidation sites excluding steroid dienone is 1. The first-order valence-electron chi connectivity index (χ1n) is 4.99. The lowest BCUT2D eigenvalue weighted by Gasteiger charge is -1.95. The molecule has 0 unspecified atom stereocenters. The molecule has 0 saturated heterocycles. The average Bonchev–Trinajstić information content (AvgIpc) is 2.21. The number of unbranched alkanes of at least 4 members (excludes halogenated alkanes) is 1. The second kappa shape index (κ2) is 5.99. The van der Waals surface area contributed by atoms with Crippen molar-refractivity contribution in [2.45, 2.75) is 26.2 Å². The second-order valence-electron chi connectivity index (χ2n) is 3.27. The highest BCUT2D eigenvalue weighted by molar-refractivity contribution is 5.49. The molecule has 0 saturated carbocycles. The van der Waals surface area contributed by atoms with Gasteiger partial charge in [0.25, 0.3) is 0 Å². The van der Waals surface area contributed by atoms with E-state index in [1.165, 1.54) is 12.0 Å². The third-order valence-corrected chi connectivity index (χ3v) is 2.03. The summed E-state index contributed by atoms with van der Waals surface area (Å²) >= 11 is 0. The molecule has 1 rings (SSSR count). The van der Waals surface area contributed by atoms with Crippen LogP contribution in [-0.2, 0) is 6.42 Å². The first-order valence-corrected chi connectivity index (χ1v) is 4.99. The molecule has 0 bridgehead atoms. The molecule has 0 aliphatic heterocycles. The maximum absolute atomic E-state index is 8.50. The van der Waals surface area contributed by atoms with Crippen molar-refractivity contribution in [3.8, 4) is 6.07 Å². The largest absolute Gasteiger partial charge is 0.198 e. The Bertz CT molecular complexity index is 327. The zero-order valence-corrected chi connectivity index (χ0v) is 8.53. The van der Waals surface area contributed by atoms with Gasteiger partial charge in [0, 0.05) is 0 Å². The van der Waals surface area contributed by atoms with Crippen molar-refractivity contribution in [2.24, 2.45) is 0 Å². The number of benzene rings is 1. The Kier molecular flexibility index (Phi) is 4.50. The number of hydrogen-bond acceptors (Lipinski definition) is 1. The summed E-state index contributed by atoms with van der Waals surface area (Å²) in [5.41, 5.74) is 2.29. The van der Waals surface area contributed by atoms with Gasteiger partial charge >= 0.3 is 0 Å². The molecule has 0 fully saturated rings. The minimum Gasteiger partial charge on any atom is -0.198 e. The van der Waals surface area contributed by atoms with Crippen molar-refractivity contribution < 1.29 is 0 Å². The summed E-state index contributed by atoms with van der Waals surface area (Å²) < 4.78 is 0. The third kappa shape index (κ3) is 3.45. The Morgan fingerprint density at radius 2 is 2.00 bits per heavy atom. The Balaban J connectivity index is 2.60. The van der Waals surface area contributed by atoms with E-state index in [9.17, 15) is 0 Å². The van der Waals surface area contributed by atoms with Crippen LogP contribution in [0.15, 0.2) is 30.3 Å². The van der Waals surface area contributed by atoms with E-state index in [1.54, 1.807) is 0 Å². The molecule has 1 nitrogen and oxygen atoms in total. The van der Waals surface area contributed by atoms with Crippen LogP contribution < -0.4 is 0 Å². The molecule has 1 aromatic carbocycles. The molecule has 0 spiro atoms. The molecule has 14 heavy (non-hydrogen) atoms. The van der Waals surface area contributed by atoms with Crippen molar-refractivity contribution in [3.63, 3.8) is 0 Å². The first kappa shape index (κ1) is 10.5. The zero-order valence-electron chi connectivity index (χ0n) is 8.53. The fourth-order valence-electron chi connectivity index (χ4n) is 1.22. The van der Waals surface area contributed by atoms with Gasteiger partial charge in [-0.25, -0.2) is 0 Å². The van der Waals surface area contributed by atoms with Gasteiger partial charge in [0.05, 0.1) is 12.5 Å². The van der Waals surface area contributed by atoms with Crippen LogP contribution in [0.2, 0.25) is 0 Å². The summed E-state index contributed by atoms with van der Waals surface area (Å²) in [6, 6.07) is 10.3. The van der Waals surface area contributed by atoms with Gasteiger partial charge in [0.1, 0.15) is 0 Å². The molecular formula is C13H15N. The summed E-state index contributed by atoms with van der Waals surface area (Å²) in [7, 11) is 0. The summed E-state index contributed by atoms with van der Waals surface area (Å²) in [5.74, 6) is 0. The topological polar surface area (TPSA) is 23.8 Å². The molecule has 0 aliphatic rings. The fraction of sp³-hybridized carbons (Fsp3) is 0.308. The lowest BCUT2D eigenvalue weighted by molar-refractivity contribution is 0.962. The minimum absolute atomic E-state index is 0.499. The van der Waals surface area contributed by atoms with Gasteiger partial charge in [-0.3, -0.25) is 0 Å². The first-order chi connectivity index (χ1) is 6.86. The van der Waals surface area contributed by atoms with Crippen LogP contribution in [0.1, 0.15) is 30.9 Å². The normalized spacial score (nSPS) is 10.3. The van der Waals surface area contributed by atoms with E-state index < -0.39 is 0 Å². The van der Waals surface area contributed by atoms with Crippen LogP contribution in [0.5, 0.6) is 0 Å². The third-order valence-electron chi connectivity index (χ3n) is 2.03. The molecule has 0 radical (unpaired) electrons. The number of nitrogens with zero attached hydrogens (tertiary/aromatic N) is 1. The van der Waals surface area contributed by atoms with Crippen molar-refractivity contribution in [3.05, 3.63) is 41.5 Å². The fourth-order valence-corrected chi connectivity index (χ4v) is 1.22. The maximum Gasteiger partial charge on any atom is 0.0669 e. The standard InChI is InChI=1S/C13H15N/c1-2-3-4-5-12-6-8-13(9-7-12)10-11-14/h4-9H,2-3,10H2,1H3/b5-4+. The van der Waals surface area contributed by atoms with Crippen molar-refractivity contribution in [1.82, 2.24) is 0 Å². The van der Waals surface area contributed by atoms with Crippen LogP contribution in [0.25, 0.3) is 6.08 Å². The monoisotopic (exact) mass is 185 g/mol. The van der Waals surface area contributed by atoms with E-state index in [0.29, 0.717) is 6.42 Å². The number of rotatable bonds is 4. The Hall–Kier alpha value is -1.55. The van der Waals surface area contributed by atoms with Gasteiger partial charge in [-0.05, 0) is 17.5 Å². The lowest BCUT2D eigenvalue weighted by atomic mass is 10.1. The molecule has 0 heterocycles. The van der Waals surface area contributed by atoms with E-state index in [4.69, 9.17) is 5.26 Å². The smallest absolute Gasteiger partial charge is 0.0669 e. The van der Waals surface area contributed by atoms with Gasteiger partial charge in [-0.1, -0.05) is 49.8 Å². The Morgan fingerprint density at radius 3 is 2.57 bits per heavy atom. The lowest BCUT2D eigenvalue weighted by Crippen LogP contribution is -1.80. The average molecular weight is 185 g/mol. The quantitative estimate of drug-likeness (QED) is 0.703. The van der Waals surface area contributed by atoms with Gasteiger partial charge < -0.3 is 0 Å². The highest BCUT2D eigenvalue weighted by Gasteiger charge is 1.90. The molecule has 0 aromatic heterocycles. The molecule has 0 amide bonds. The molecule has 72 valence electrons. The van der Waals surface area contributed by atoms with Gasteiger partial charge in [0.2, 0.25) is 0 Å². The van der Waals surface area contributed by atoms with Gasteiger partial charge in [-0.2, -0.15) is 5.26 Å². The molecule has 0 aliphatic carbocycles. The van der Waals surface area contributed by atoms with Crippen LogP contribution in [-0.4, -0.2) is 0 Å². The van der Waals surface area contributed by atoms with Crippen LogP contribution >= 0.6 is 0 Å². The molecule has 1 aromatic rings. The van der Waals surface area contributed by atoms with E-state index in [2.05, 4.69) is 37.3 Å². The van der Waals surface area contributed by atoms with E-state index in [1.807, 2.05) is 12.1 Å². The summed E-state index contributed by atoms with van der Waals surface area (Å²) in [5, 5.41) is 8.50. The Labute approximate surface area is 85.7 Å². The number of hydrogen-bond donors (Lipinski definition) is 0. The van der Waals surface area contributed by atoms with Crippen molar-refractivity contribution >= 4 is 6.08 Å². The zero-order chi connectivity index (χ0) is 10.2. The minimum atomic E-state index is 0.499.